The molecule has 2 aliphatic rings. The summed E-state index contributed by atoms with van der Waals surface area (Å²) < 4.78 is 11.2. The highest BCUT2D eigenvalue weighted by Gasteiger charge is 2.45. The molecule has 39 heavy (non-hydrogen) atoms. The lowest BCUT2D eigenvalue weighted by Gasteiger charge is -2.36. The predicted molar refractivity (Wildman–Crippen MR) is 150 cm³/mol. The number of nitro benzene ring substituents is 1. The van der Waals surface area contributed by atoms with Crippen LogP contribution in [0.4, 0.5) is 5.69 Å². The minimum Gasteiger partial charge on any atom is -0.463 e. The molecule has 0 spiro atoms. The van der Waals surface area contributed by atoms with Crippen molar-refractivity contribution in [3.63, 3.8) is 0 Å². The zero-order valence-corrected chi connectivity index (χ0v) is 23.0. The highest BCUT2D eigenvalue weighted by Crippen LogP contribution is 2.47. The normalized spacial score (nSPS) is 19.8. The molecule has 0 aliphatic carbocycles. The smallest absolute Gasteiger partial charge is 0.338 e. The molecule has 2 aliphatic heterocycles. The fourth-order valence-electron chi connectivity index (χ4n) is 4.40. The van der Waals surface area contributed by atoms with Gasteiger partial charge in [-0.1, -0.05) is 47.1 Å². The molecule has 200 valence electrons. The van der Waals surface area contributed by atoms with Crippen molar-refractivity contribution >= 4 is 57.9 Å². The van der Waals surface area contributed by atoms with E-state index in [9.17, 15) is 20.0 Å². The zero-order valence-electron chi connectivity index (χ0n) is 20.6. The van der Waals surface area contributed by atoms with Crippen LogP contribution in [0.1, 0.15) is 31.2 Å². The maximum absolute atomic E-state index is 13.0. The highest BCUT2D eigenvalue weighted by atomic mass is 35.5. The van der Waals surface area contributed by atoms with Gasteiger partial charge in [0.1, 0.15) is 11.5 Å². The van der Waals surface area contributed by atoms with E-state index in [2.05, 4.69) is 4.99 Å². The highest BCUT2D eigenvalue weighted by molar-refractivity contribution is 8.17. The number of amidine groups is 1. The molecular weight excluding hydrogens is 565 g/mol. The second kappa shape index (κ2) is 10.9. The average molecular weight is 586 g/mol. The summed E-state index contributed by atoms with van der Waals surface area (Å²) in [6, 6.07) is 13.8. The van der Waals surface area contributed by atoms with Crippen LogP contribution in [0.3, 0.4) is 0 Å². The van der Waals surface area contributed by atoms with Gasteiger partial charge in [-0.15, -0.1) is 0 Å². The number of thioether (sulfide) groups is 1. The SMILES string of the molecule is CCOC(=O)C1=C(C)N=C2S/C(=C\c3ccc(-c4cc([N+](=O)[O-])ccc4Cl)o3)[C@H](O)N2[C@H]1c1ccc(Cl)cc1. The second-order valence-corrected chi connectivity index (χ2v) is 10.5. The summed E-state index contributed by atoms with van der Waals surface area (Å²) in [4.78, 5) is 30.4. The molecule has 0 saturated carbocycles. The van der Waals surface area contributed by atoms with Crippen molar-refractivity contribution in [2.24, 2.45) is 4.99 Å². The van der Waals surface area contributed by atoms with Gasteiger partial charge < -0.3 is 19.2 Å². The van der Waals surface area contributed by atoms with Crippen LogP contribution < -0.4 is 0 Å². The molecule has 3 aromatic rings. The van der Waals surface area contributed by atoms with Crippen LogP contribution in [0.15, 0.2) is 80.2 Å². The van der Waals surface area contributed by atoms with E-state index in [0.29, 0.717) is 48.5 Å². The van der Waals surface area contributed by atoms with E-state index in [1.807, 2.05) is 0 Å². The first-order valence-corrected chi connectivity index (χ1v) is 13.4. The maximum atomic E-state index is 13.0. The van der Waals surface area contributed by atoms with Gasteiger partial charge in [-0.05, 0) is 55.8 Å². The average Bonchev–Trinajstić information content (AvgIpc) is 3.48. The third-order valence-corrected chi connectivity index (χ3v) is 7.80. The van der Waals surface area contributed by atoms with Gasteiger partial charge in [0.2, 0.25) is 0 Å². The largest absolute Gasteiger partial charge is 0.463 e. The summed E-state index contributed by atoms with van der Waals surface area (Å²) in [5.41, 5.74) is 1.80. The molecule has 1 aromatic heterocycles. The minimum absolute atomic E-state index is 0.115. The Bertz CT molecular complexity index is 1560. The number of aliphatic hydroxyl groups is 1. The molecule has 2 aromatic carbocycles. The number of nitrogens with zero attached hydrogens (tertiary/aromatic N) is 3. The van der Waals surface area contributed by atoms with Gasteiger partial charge in [-0.2, -0.15) is 0 Å². The van der Waals surface area contributed by atoms with Crippen LogP contribution >= 0.6 is 35.0 Å². The minimum atomic E-state index is -1.15. The van der Waals surface area contributed by atoms with Gasteiger partial charge in [0.15, 0.2) is 11.4 Å². The fourth-order valence-corrected chi connectivity index (χ4v) is 5.84. The van der Waals surface area contributed by atoms with Crippen LogP contribution in [0.2, 0.25) is 10.0 Å². The Kier molecular flexibility index (Phi) is 7.55. The molecule has 9 nitrogen and oxygen atoms in total. The van der Waals surface area contributed by atoms with E-state index in [1.165, 1.54) is 30.0 Å². The first kappa shape index (κ1) is 27.0. The van der Waals surface area contributed by atoms with Gasteiger partial charge in [0.25, 0.3) is 5.69 Å². The van der Waals surface area contributed by atoms with Crippen molar-refractivity contribution in [3.8, 4) is 11.3 Å². The Hall–Kier alpha value is -3.57. The number of hydrogen-bond donors (Lipinski definition) is 1. The van der Waals surface area contributed by atoms with Gasteiger partial charge in [-0.3, -0.25) is 10.1 Å². The van der Waals surface area contributed by atoms with Gasteiger partial charge in [0, 0.05) is 27.6 Å². The summed E-state index contributed by atoms with van der Waals surface area (Å²) in [5.74, 6) is 0.217. The molecule has 5 rings (SSSR count). The van der Waals surface area contributed by atoms with Crippen LogP contribution in [0.25, 0.3) is 17.4 Å². The molecule has 0 amide bonds. The number of aliphatic hydroxyl groups excluding tert-OH is 1. The van der Waals surface area contributed by atoms with Crippen LogP contribution in [-0.2, 0) is 9.53 Å². The summed E-state index contributed by atoms with van der Waals surface area (Å²) in [6.07, 6.45) is 0.505. The second-order valence-electron chi connectivity index (χ2n) is 8.62. The molecule has 1 fully saturated rings. The number of carbonyl (C=O) groups excluding carboxylic acids is 1. The number of benzene rings is 2. The predicted octanol–water partition coefficient (Wildman–Crippen LogP) is 6.82. The van der Waals surface area contributed by atoms with E-state index in [-0.39, 0.29) is 12.3 Å². The van der Waals surface area contributed by atoms with Crippen molar-refractivity contribution in [2.75, 3.05) is 6.61 Å². The summed E-state index contributed by atoms with van der Waals surface area (Å²) in [5, 5.41) is 24.0. The van der Waals surface area contributed by atoms with Crippen molar-refractivity contribution < 1.29 is 24.0 Å². The molecule has 1 saturated heterocycles. The summed E-state index contributed by atoms with van der Waals surface area (Å²) in [6.45, 7) is 3.65. The molecule has 0 unspecified atom stereocenters. The Morgan fingerprint density at radius 2 is 1.97 bits per heavy atom. The van der Waals surface area contributed by atoms with Gasteiger partial charge in [-0.25, -0.2) is 9.79 Å². The number of non-ortho nitro benzene ring substituents is 1. The standard InChI is InChI=1S/C27H21Cl2N3O6S/c1-3-37-26(34)23-14(2)30-27-31(24(23)15-4-6-16(28)7-5-15)25(33)22(39-27)13-18-9-11-21(38-18)19-12-17(32(35)36)8-10-20(19)29/h4-13,24-25,33H,3H2,1-2H3/b22-13-/t24-,25-/m0/s1. The number of esters is 1. The monoisotopic (exact) mass is 585 g/mol. The maximum Gasteiger partial charge on any atom is 0.338 e. The van der Waals surface area contributed by atoms with Crippen molar-refractivity contribution in [2.45, 2.75) is 26.1 Å². The molecule has 0 radical (unpaired) electrons. The van der Waals surface area contributed by atoms with Crippen LogP contribution in [0.5, 0.6) is 0 Å². The number of allylic oxidation sites excluding steroid dienone is 1. The van der Waals surface area contributed by atoms with Crippen LogP contribution in [0, 0.1) is 10.1 Å². The van der Waals surface area contributed by atoms with E-state index >= 15 is 0 Å². The number of carbonyl (C=O) groups is 1. The van der Waals surface area contributed by atoms with E-state index in [0.717, 1.165) is 5.56 Å². The molecular formula is C27H21Cl2N3O6S. The summed E-state index contributed by atoms with van der Waals surface area (Å²) >= 11 is 13.6. The number of halogens is 2. The third-order valence-electron chi connectivity index (χ3n) is 6.17. The van der Waals surface area contributed by atoms with Gasteiger partial charge in [0.05, 0.1) is 33.9 Å². The Balaban J connectivity index is 1.51. The Labute approximate surface area is 237 Å². The summed E-state index contributed by atoms with van der Waals surface area (Å²) in [7, 11) is 0. The molecule has 0 bridgehead atoms. The van der Waals surface area contributed by atoms with Crippen molar-refractivity contribution in [1.82, 2.24) is 4.90 Å². The zero-order chi connectivity index (χ0) is 27.8. The van der Waals surface area contributed by atoms with E-state index in [4.69, 9.17) is 32.4 Å². The van der Waals surface area contributed by atoms with Crippen molar-refractivity contribution in [1.29, 1.82) is 0 Å². The lowest BCUT2D eigenvalue weighted by atomic mass is 9.94. The number of nitro groups is 1. The molecule has 3 heterocycles. The lowest BCUT2D eigenvalue weighted by Crippen LogP contribution is -2.41. The quantitative estimate of drug-likeness (QED) is 0.190. The molecule has 2 atom stereocenters. The lowest BCUT2D eigenvalue weighted by molar-refractivity contribution is -0.384. The first-order valence-electron chi connectivity index (χ1n) is 11.8. The Morgan fingerprint density at radius 3 is 2.67 bits per heavy atom. The third kappa shape index (κ3) is 5.20. The van der Waals surface area contributed by atoms with Crippen LogP contribution in [-0.4, -0.2) is 38.9 Å². The Morgan fingerprint density at radius 1 is 1.23 bits per heavy atom. The number of aliphatic imine (C=N–C) groups is 1. The molecule has 1 N–H and O–H groups in total. The topological polar surface area (TPSA) is 118 Å². The fraction of sp³-hybridized carbons (Fsp3) is 0.185. The van der Waals surface area contributed by atoms with Gasteiger partial charge >= 0.3 is 5.97 Å². The molecule has 12 heteroatoms. The van der Waals surface area contributed by atoms with E-state index < -0.39 is 23.2 Å². The van der Waals surface area contributed by atoms with Crippen molar-refractivity contribution in [3.05, 3.63) is 102 Å². The number of ether oxygens (including phenoxy) is 1. The number of rotatable bonds is 6. The number of furan rings is 1. The van der Waals surface area contributed by atoms with E-state index in [1.54, 1.807) is 61.2 Å². The number of fused-ring (bicyclic) bond motifs is 1. The first-order chi connectivity index (χ1) is 18.7. The number of hydrogen-bond acceptors (Lipinski definition) is 9.